The number of fused-ring (bicyclic) bond motifs is 5. The Labute approximate surface area is 342 Å². The largest absolute Gasteiger partial charge is 0.378 e. The minimum Gasteiger partial charge on any atom is -0.378 e. The fraction of sp³-hybridized carbons (Fsp3) is 0.375. The molecule has 3 aliphatic rings. The highest BCUT2D eigenvalue weighted by atomic mass is 32.1. The van der Waals surface area contributed by atoms with E-state index in [2.05, 4.69) is 168 Å². The molecule has 290 valence electrons. The van der Waals surface area contributed by atoms with Crippen LogP contribution in [0.5, 0.6) is 0 Å². The molecule has 6 nitrogen and oxygen atoms in total. The van der Waals surface area contributed by atoms with Gasteiger partial charge in [-0.25, -0.2) is 0 Å². The maximum atomic E-state index is 2.57. The number of aromatic nitrogens is 2. The number of thiazole rings is 2. The molecule has 3 fully saturated rings. The molecule has 2 aromatic heterocycles. The number of nitrogens with zero attached hydrogens (tertiary/aromatic N) is 6. The molecular formula is C48H60N6S2+4. The van der Waals surface area contributed by atoms with Crippen LogP contribution in [0.25, 0.3) is 44.7 Å². The summed E-state index contributed by atoms with van der Waals surface area (Å²) in [6.45, 7) is 13.0. The van der Waals surface area contributed by atoms with Crippen LogP contribution in [0.2, 0.25) is 0 Å². The van der Waals surface area contributed by atoms with Crippen molar-refractivity contribution in [3.63, 3.8) is 0 Å². The second-order valence-corrected chi connectivity index (χ2v) is 18.8. The fourth-order valence-corrected chi connectivity index (χ4v) is 11.1. The highest BCUT2D eigenvalue weighted by Gasteiger charge is 2.48. The summed E-state index contributed by atoms with van der Waals surface area (Å²) in [5.41, 5.74) is 7.70. The van der Waals surface area contributed by atoms with Crippen molar-refractivity contribution in [2.75, 3.05) is 90.3 Å². The molecule has 0 N–H and O–H groups in total. The third-order valence-corrected chi connectivity index (χ3v) is 14.9. The molecule has 4 aromatic carbocycles. The van der Waals surface area contributed by atoms with Crippen molar-refractivity contribution in [3.05, 3.63) is 118 Å². The zero-order chi connectivity index (χ0) is 38.5. The molecule has 3 aliphatic heterocycles. The summed E-state index contributed by atoms with van der Waals surface area (Å²) in [6.07, 6.45) is 14.3. The van der Waals surface area contributed by atoms with E-state index >= 15 is 0 Å². The van der Waals surface area contributed by atoms with Gasteiger partial charge in [-0.1, -0.05) is 71.2 Å². The number of quaternary nitrogens is 2. The van der Waals surface area contributed by atoms with E-state index in [1.165, 1.54) is 140 Å². The van der Waals surface area contributed by atoms with Crippen LogP contribution in [0.3, 0.4) is 0 Å². The molecule has 0 amide bonds. The lowest BCUT2D eigenvalue weighted by Crippen LogP contribution is -2.75. The maximum absolute atomic E-state index is 2.57. The average Bonchev–Trinajstić information content (AvgIpc) is 3.77. The first-order chi connectivity index (χ1) is 27.3. The minimum absolute atomic E-state index is 1.09. The van der Waals surface area contributed by atoms with Gasteiger partial charge in [-0.3, -0.25) is 0 Å². The number of anilines is 2. The van der Waals surface area contributed by atoms with Gasteiger partial charge in [-0.15, -0.1) is 0 Å². The summed E-state index contributed by atoms with van der Waals surface area (Å²) in [4.78, 5) is 4.30. The SMILES string of the molecule is CN(C)c1ccc(/C=C/c2sc3ccccc3[n+]2CCCC[N+]23CC[N+](CCCC[n+]4c(/C=C/c5ccc(N(C)C)cc5)sc5ccccc54)(CC2)CC3)cc1. The quantitative estimate of drug-likeness (QED) is 0.0553. The molecule has 2 bridgehead atoms. The predicted molar refractivity (Wildman–Crippen MR) is 241 cm³/mol. The standard InChI is InChI=1S/C48H60N6S2/c1-49(2)41-23-17-39(18-24-41)21-27-47-51(43-13-5-7-15-45(43)55-47)29-9-11-31-53-33-36-54(37-34-53,38-35-53)32-12-10-30-52-44-14-6-8-16-46(44)56-48(52)28-22-40-19-25-42(26-20-40)50(3)4/h5-8,13-28H,9-12,29-38H2,1-4H3/q+4. The van der Waals surface area contributed by atoms with E-state index in [-0.39, 0.29) is 0 Å². The van der Waals surface area contributed by atoms with Crippen molar-refractivity contribution in [1.29, 1.82) is 0 Å². The van der Waals surface area contributed by atoms with E-state index in [0.717, 1.165) is 13.1 Å². The van der Waals surface area contributed by atoms with Gasteiger partial charge in [0.25, 0.3) is 10.0 Å². The zero-order valence-electron chi connectivity index (χ0n) is 33.9. The average molecular weight is 785 g/mol. The molecule has 3 saturated heterocycles. The number of hydrogen-bond acceptors (Lipinski definition) is 4. The van der Waals surface area contributed by atoms with Crippen LogP contribution in [0, 0.1) is 0 Å². The number of hydrogen-bond donors (Lipinski definition) is 0. The van der Waals surface area contributed by atoms with Crippen LogP contribution in [-0.2, 0) is 13.1 Å². The number of rotatable bonds is 16. The van der Waals surface area contributed by atoms with Crippen molar-refractivity contribution >= 4 is 78.8 Å². The summed E-state index contributed by atoms with van der Waals surface area (Å²) in [7, 11) is 8.37. The van der Waals surface area contributed by atoms with Gasteiger partial charge in [-0.2, -0.15) is 9.13 Å². The van der Waals surface area contributed by atoms with Gasteiger partial charge in [0.1, 0.15) is 48.7 Å². The number of unbranched alkanes of at least 4 members (excludes halogenated alkanes) is 2. The molecule has 0 radical (unpaired) electrons. The van der Waals surface area contributed by atoms with Gasteiger partial charge in [0.05, 0.1) is 13.1 Å². The van der Waals surface area contributed by atoms with Gasteiger partial charge in [0, 0.05) is 89.5 Å². The number of piperazine rings is 3. The first-order valence-corrected chi connectivity index (χ1v) is 22.4. The van der Waals surface area contributed by atoms with E-state index in [1.54, 1.807) is 0 Å². The van der Waals surface area contributed by atoms with E-state index in [9.17, 15) is 0 Å². The van der Waals surface area contributed by atoms with E-state index in [1.807, 2.05) is 22.7 Å². The van der Waals surface area contributed by atoms with Crippen LogP contribution in [0.4, 0.5) is 11.4 Å². The molecule has 6 aromatic rings. The lowest BCUT2D eigenvalue weighted by Gasteiger charge is -2.55. The van der Waals surface area contributed by atoms with Crippen LogP contribution in [0.15, 0.2) is 97.1 Å². The first kappa shape index (κ1) is 38.5. The van der Waals surface area contributed by atoms with Gasteiger partial charge in [0.2, 0.25) is 11.0 Å². The Morgan fingerprint density at radius 1 is 0.482 bits per heavy atom. The molecule has 9 rings (SSSR count). The van der Waals surface area contributed by atoms with E-state index in [4.69, 9.17) is 0 Å². The normalized spacial score (nSPS) is 19.6. The Bertz CT molecular complexity index is 2110. The highest BCUT2D eigenvalue weighted by Crippen LogP contribution is 2.29. The number of para-hydroxylation sites is 2. The molecule has 0 spiro atoms. The van der Waals surface area contributed by atoms with E-state index < -0.39 is 0 Å². The molecular weight excluding hydrogens is 725 g/mol. The smallest absolute Gasteiger partial charge is 0.262 e. The van der Waals surface area contributed by atoms with Gasteiger partial charge < -0.3 is 18.8 Å². The van der Waals surface area contributed by atoms with Crippen LogP contribution < -0.4 is 18.9 Å². The second-order valence-electron chi connectivity index (χ2n) is 16.6. The minimum atomic E-state index is 1.09. The monoisotopic (exact) mass is 784 g/mol. The molecule has 0 unspecified atom stereocenters. The molecule has 5 heterocycles. The Morgan fingerprint density at radius 2 is 0.857 bits per heavy atom. The van der Waals surface area contributed by atoms with Crippen molar-refractivity contribution in [2.45, 2.75) is 38.8 Å². The van der Waals surface area contributed by atoms with Gasteiger partial charge in [0.15, 0.2) is 13.1 Å². The highest BCUT2D eigenvalue weighted by molar-refractivity contribution is 7.19. The Balaban J connectivity index is 0.827. The van der Waals surface area contributed by atoms with Crippen LogP contribution in [-0.4, -0.2) is 89.5 Å². The Kier molecular flexibility index (Phi) is 11.7. The van der Waals surface area contributed by atoms with Crippen molar-refractivity contribution < 1.29 is 18.1 Å². The summed E-state index contributed by atoms with van der Waals surface area (Å²) in [5, 5.41) is 2.69. The summed E-state index contributed by atoms with van der Waals surface area (Å²) >= 11 is 3.83. The number of aryl methyl sites for hydroxylation is 2. The third-order valence-electron chi connectivity index (χ3n) is 12.6. The summed E-state index contributed by atoms with van der Waals surface area (Å²) in [5.74, 6) is 0. The molecule has 0 atom stereocenters. The fourth-order valence-electron chi connectivity index (χ4n) is 8.97. The van der Waals surface area contributed by atoms with Gasteiger partial charge in [-0.05, 0) is 59.7 Å². The van der Waals surface area contributed by atoms with Crippen LogP contribution >= 0.6 is 22.7 Å². The van der Waals surface area contributed by atoms with E-state index in [0.29, 0.717) is 0 Å². The van der Waals surface area contributed by atoms with Gasteiger partial charge >= 0.3 is 0 Å². The molecule has 8 heteroatoms. The Hall–Kier alpha value is -4.34. The Morgan fingerprint density at radius 3 is 1.23 bits per heavy atom. The number of benzene rings is 4. The predicted octanol–water partition coefficient (Wildman–Crippen LogP) is 9.09. The van der Waals surface area contributed by atoms with Crippen molar-refractivity contribution in [3.8, 4) is 0 Å². The zero-order valence-corrected chi connectivity index (χ0v) is 35.6. The molecule has 56 heavy (non-hydrogen) atoms. The summed E-state index contributed by atoms with van der Waals surface area (Å²) in [6, 6.07) is 35.5. The third kappa shape index (κ3) is 8.64. The van der Waals surface area contributed by atoms with Crippen molar-refractivity contribution in [1.82, 2.24) is 0 Å². The van der Waals surface area contributed by atoms with Crippen molar-refractivity contribution in [2.24, 2.45) is 0 Å². The first-order valence-electron chi connectivity index (χ1n) is 20.7. The summed E-state index contributed by atoms with van der Waals surface area (Å²) < 4.78 is 10.6. The lowest BCUT2D eigenvalue weighted by molar-refractivity contribution is -1.08. The molecule has 0 saturated carbocycles. The molecule has 0 aliphatic carbocycles. The lowest BCUT2D eigenvalue weighted by atomic mass is 10.0. The second kappa shape index (κ2) is 17.0. The topological polar surface area (TPSA) is 14.2 Å². The van der Waals surface area contributed by atoms with Crippen LogP contribution in [0.1, 0.15) is 46.8 Å². The maximum Gasteiger partial charge on any atom is 0.262 e.